The second-order valence-electron chi connectivity index (χ2n) is 4.74. The summed E-state index contributed by atoms with van der Waals surface area (Å²) in [5, 5.41) is 0. The number of rotatable bonds is 3. The molecule has 2 fully saturated rings. The number of likely N-dealkylation sites (tertiary alicyclic amines) is 1. The molecule has 104 valence electrons. The number of hydrogen-bond acceptors (Lipinski definition) is 5. The average molecular weight is 258 g/mol. The van der Waals surface area contributed by atoms with Crippen molar-refractivity contribution in [1.82, 2.24) is 4.90 Å². The zero-order valence-electron chi connectivity index (χ0n) is 10.8. The lowest BCUT2D eigenvalue weighted by atomic mass is 9.98. The number of carbonyl (C=O) groups excluding carboxylic acids is 1. The molecule has 18 heavy (non-hydrogen) atoms. The minimum Gasteiger partial charge on any atom is -0.381 e. The van der Waals surface area contributed by atoms with Gasteiger partial charge in [0.25, 0.3) is 5.91 Å². The number of ether oxygens (including phenoxy) is 3. The number of hydrogen-bond donors (Lipinski definition) is 1. The molecule has 2 heterocycles. The van der Waals surface area contributed by atoms with Crippen molar-refractivity contribution >= 4 is 5.91 Å². The molecule has 0 bridgehead atoms. The lowest BCUT2D eigenvalue weighted by Gasteiger charge is -2.40. The summed E-state index contributed by atoms with van der Waals surface area (Å²) in [5.74, 6) is -0.000275. The summed E-state index contributed by atoms with van der Waals surface area (Å²) in [7, 11) is 1.70. The van der Waals surface area contributed by atoms with Crippen LogP contribution in [0.25, 0.3) is 0 Å². The van der Waals surface area contributed by atoms with Crippen LogP contribution in [0.5, 0.6) is 0 Å². The molecule has 2 rings (SSSR count). The van der Waals surface area contributed by atoms with Crippen molar-refractivity contribution in [2.75, 3.05) is 40.0 Å². The Morgan fingerprint density at radius 1 is 1.50 bits per heavy atom. The van der Waals surface area contributed by atoms with E-state index in [4.69, 9.17) is 19.9 Å². The molecule has 2 aliphatic heterocycles. The van der Waals surface area contributed by atoms with Gasteiger partial charge in [0, 0.05) is 26.2 Å². The molecular weight excluding hydrogens is 236 g/mol. The normalized spacial score (nSPS) is 33.4. The maximum atomic E-state index is 12.3. The van der Waals surface area contributed by atoms with E-state index in [1.165, 1.54) is 0 Å². The second-order valence-corrected chi connectivity index (χ2v) is 4.74. The number of nitrogens with zero attached hydrogens (tertiary/aromatic N) is 1. The highest BCUT2D eigenvalue weighted by Crippen LogP contribution is 2.21. The van der Waals surface area contributed by atoms with Crippen LogP contribution in [0.1, 0.15) is 12.8 Å². The van der Waals surface area contributed by atoms with Gasteiger partial charge in [-0.2, -0.15) is 0 Å². The molecular formula is C12H22N2O4. The maximum absolute atomic E-state index is 12.3. The predicted molar refractivity (Wildman–Crippen MR) is 65.1 cm³/mol. The van der Waals surface area contributed by atoms with E-state index in [0.717, 1.165) is 12.8 Å². The van der Waals surface area contributed by atoms with Crippen molar-refractivity contribution in [3.8, 4) is 0 Å². The van der Waals surface area contributed by atoms with E-state index in [1.807, 2.05) is 4.90 Å². The fraction of sp³-hybridized carbons (Fsp3) is 0.917. The third kappa shape index (κ3) is 3.00. The van der Waals surface area contributed by atoms with Crippen molar-refractivity contribution in [2.24, 2.45) is 5.73 Å². The molecule has 2 saturated heterocycles. The van der Waals surface area contributed by atoms with Crippen LogP contribution < -0.4 is 5.73 Å². The predicted octanol–water partition coefficient (Wildman–Crippen LogP) is -0.633. The van der Waals surface area contributed by atoms with Gasteiger partial charge >= 0.3 is 0 Å². The first-order valence-corrected chi connectivity index (χ1v) is 6.49. The number of nitrogens with two attached hydrogens (primary N) is 1. The van der Waals surface area contributed by atoms with Gasteiger partial charge in [-0.3, -0.25) is 4.79 Å². The summed E-state index contributed by atoms with van der Waals surface area (Å²) < 4.78 is 16.1. The summed E-state index contributed by atoms with van der Waals surface area (Å²) >= 11 is 0. The summed E-state index contributed by atoms with van der Waals surface area (Å²) in [4.78, 5) is 14.2. The molecule has 3 atom stereocenters. The van der Waals surface area contributed by atoms with Crippen molar-refractivity contribution in [3.63, 3.8) is 0 Å². The molecule has 0 spiro atoms. The third-order valence-corrected chi connectivity index (χ3v) is 3.65. The molecule has 2 N–H and O–H groups in total. The van der Waals surface area contributed by atoms with Gasteiger partial charge in [-0.25, -0.2) is 0 Å². The molecule has 6 nitrogen and oxygen atoms in total. The fourth-order valence-electron chi connectivity index (χ4n) is 2.56. The Balaban J connectivity index is 1.95. The SMILES string of the molecule is COC1CCN(C(=O)C2COCCO2)C(CN)C1. The Morgan fingerprint density at radius 3 is 2.94 bits per heavy atom. The van der Waals surface area contributed by atoms with E-state index < -0.39 is 6.10 Å². The monoisotopic (exact) mass is 258 g/mol. The third-order valence-electron chi connectivity index (χ3n) is 3.65. The van der Waals surface area contributed by atoms with Crippen LogP contribution in [-0.2, 0) is 19.0 Å². The zero-order valence-corrected chi connectivity index (χ0v) is 10.8. The van der Waals surface area contributed by atoms with E-state index in [0.29, 0.717) is 32.9 Å². The Morgan fingerprint density at radius 2 is 2.33 bits per heavy atom. The molecule has 0 saturated carbocycles. The zero-order chi connectivity index (χ0) is 13.0. The molecule has 0 aromatic carbocycles. The van der Waals surface area contributed by atoms with Gasteiger partial charge in [0.2, 0.25) is 0 Å². The topological polar surface area (TPSA) is 74.0 Å². The summed E-state index contributed by atoms with van der Waals surface area (Å²) in [6.07, 6.45) is 1.39. The summed E-state index contributed by atoms with van der Waals surface area (Å²) in [6, 6.07) is 0.0433. The van der Waals surface area contributed by atoms with E-state index in [-0.39, 0.29) is 18.1 Å². The summed E-state index contributed by atoms with van der Waals surface area (Å²) in [5.41, 5.74) is 5.76. The minimum absolute atomic E-state index is 0.000275. The van der Waals surface area contributed by atoms with Crippen LogP contribution in [0.2, 0.25) is 0 Å². The highest BCUT2D eigenvalue weighted by molar-refractivity contribution is 5.81. The maximum Gasteiger partial charge on any atom is 0.254 e. The molecule has 0 aromatic rings. The number of amides is 1. The standard InChI is InChI=1S/C12H22N2O4/c1-16-10-2-3-14(9(6-10)7-13)12(15)11-8-17-4-5-18-11/h9-11H,2-8,13H2,1H3. The van der Waals surface area contributed by atoms with Gasteiger partial charge in [0.1, 0.15) is 0 Å². The van der Waals surface area contributed by atoms with Crippen molar-refractivity contribution < 1.29 is 19.0 Å². The molecule has 0 aromatic heterocycles. The van der Waals surface area contributed by atoms with E-state index >= 15 is 0 Å². The van der Waals surface area contributed by atoms with Crippen LogP contribution in [0.4, 0.5) is 0 Å². The Bertz CT molecular complexity index is 281. The lowest BCUT2D eigenvalue weighted by molar-refractivity contribution is -0.163. The van der Waals surface area contributed by atoms with Gasteiger partial charge in [0.05, 0.1) is 25.9 Å². The molecule has 0 radical (unpaired) electrons. The van der Waals surface area contributed by atoms with Crippen LogP contribution >= 0.6 is 0 Å². The number of carbonyl (C=O) groups is 1. The first-order chi connectivity index (χ1) is 8.76. The molecule has 1 amide bonds. The Hall–Kier alpha value is -0.690. The largest absolute Gasteiger partial charge is 0.381 e. The van der Waals surface area contributed by atoms with Gasteiger partial charge in [-0.15, -0.1) is 0 Å². The first kappa shape index (κ1) is 13.7. The van der Waals surface area contributed by atoms with Crippen LogP contribution in [0, 0.1) is 0 Å². The molecule has 0 aliphatic carbocycles. The summed E-state index contributed by atoms with van der Waals surface area (Å²) in [6.45, 7) is 2.53. The number of methoxy groups -OCH3 is 1. The van der Waals surface area contributed by atoms with Gasteiger partial charge < -0.3 is 24.8 Å². The fourth-order valence-corrected chi connectivity index (χ4v) is 2.56. The van der Waals surface area contributed by atoms with Crippen molar-refractivity contribution in [1.29, 1.82) is 0 Å². The van der Waals surface area contributed by atoms with Gasteiger partial charge in [-0.1, -0.05) is 0 Å². The van der Waals surface area contributed by atoms with Crippen LogP contribution in [0.3, 0.4) is 0 Å². The minimum atomic E-state index is -0.466. The van der Waals surface area contributed by atoms with Crippen molar-refractivity contribution in [2.45, 2.75) is 31.1 Å². The Kier molecular flexibility index (Phi) is 4.94. The van der Waals surface area contributed by atoms with Crippen molar-refractivity contribution in [3.05, 3.63) is 0 Å². The molecule has 2 aliphatic rings. The van der Waals surface area contributed by atoms with Gasteiger partial charge in [0.15, 0.2) is 6.10 Å². The van der Waals surface area contributed by atoms with Crippen LogP contribution in [-0.4, -0.2) is 69.1 Å². The van der Waals surface area contributed by atoms with E-state index in [9.17, 15) is 4.79 Å². The first-order valence-electron chi connectivity index (χ1n) is 6.49. The Labute approximate surface area is 107 Å². The smallest absolute Gasteiger partial charge is 0.254 e. The van der Waals surface area contributed by atoms with Gasteiger partial charge in [-0.05, 0) is 12.8 Å². The second kappa shape index (κ2) is 6.47. The van der Waals surface area contributed by atoms with Crippen LogP contribution in [0.15, 0.2) is 0 Å². The number of piperidine rings is 1. The van der Waals surface area contributed by atoms with E-state index in [2.05, 4.69) is 0 Å². The highest BCUT2D eigenvalue weighted by Gasteiger charge is 2.35. The highest BCUT2D eigenvalue weighted by atomic mass is 16.6. The molecule has 3 unspecified atom stereocenters. The average Bonchev–Trinajstić information content (AvgIpc) is 2.46. The van der Waals surface area contributed by atoms with E-state index in [1.54, 1.807) is 7.11 Å². The quantitative estimate of drug-likeness (QED) is 0.729. The molecule has 6 heteroatoms. The lowest BCUT2D eigenvalue weighted by Crippen LogP contribution is -2.55.